The van der Waals surface area contributed by atoms with Crippen LogP contribution in [0.4, 0.5) is 5.69 Å². The molecule has 9 heteroatoms. The number of hydrogen-bond donors (Lipinski definition) is 1. The molecule has 4 aromatic rings. The Balaban J connectivity index is 1.44. The fourth-order valence-electron chi connectivity index (χ4n) is 3.71. The first kappa shape index (κ1) is 22.3. The van der Waals surface area contributed by atoms with Crippen LogP contribution >= 0.6 is 23.4 Å². The van der Waals surface area contributed by atoms with Gasteiger partial charge in [0.2, 0.25) is 5.91 Å². The number of aryl methyl sites for hydroxylation is 1. The Bertz CT molecular complexity index is 1470. The van der Waals surface area contributed by atoms with E-state index in [-0.39, 0.29) is 17.2 Å². The average molecular weight is 494 g/mol. The SMILES string of the molecule is Cc1ccccc1-n1c(SCC(=O)Nc2ccc3c(c2)OCCO3)nc2cc(Cl)ccc2c1=O. The molecule has 0 atom stereocenters. The number of halogens is 1. The zero-order valence-corrected chi connectivity index (χ0v) is 19.8. The third-order valence-corrected chi connectivity index (χ3v) is 6.49. The van der Waals surface area contributed by atoms with Crippen molar-refractivity contribution in [2.45, 2.75) is 12.1 Å². The van der Waals surface area contributed by atoms with Gasteiger partial charge in [-0.3, -0.25) is 14.2 Å². The normalized spacial score (nSPS) is 12.5. The number of benzene rings is 3. The summed E-state index contributed by atoms with van der Waals surface area (Å²) < 4.78 is 12.6. The van der Waals surface area contributed by atoms with Crippen LogP contribution in [0, 0.1) is 6.92 Å². The van der Waals surface area contributed by atoms with Crippen LogP contribution in [0.1, 0.15) is 5.56 Å². The molecule has 3 aromatic carbocycles. The molecular formula is C25H20ClN3O4S. The second-order valence-electron chi connectivity index (χ2n) is 7.68. The number of carbonyl (C=O) groups is 1. The number of hydrogen-bond acceptors (Lipinski definition) is 6. The number of thioether (sulfide) groups is 1. The Labute approximate surface area is 204 Å². The van der Waals surface area contributed by atoms with E-state index < -0.39 is 0 Å². The maximum Gasteiger partial charge on any atom is 0.266 e. The van der Waals surface area contributed by atoms with Gasteiger partial charge in [0.1, 0.15) is 13.2 Å². The molecule has 1 aromatic heterocycles. The summed E-state index contributed by atoms with van der Waals surface area (Å²) in [5.74, 6) is 1.07. The maximum absolute atomic E-state index is 13.4. The molecule has 1 amide bonds. The second-order valence-corrected chi connectivity index (χ2v) is 9.06. The molecule has 7 nitrogen and oxygen atoms in total. The quantitative estimate of drug-likeness (QED) is 0.316. The predicted octanol–water partition coefficient (Wildman–Crippen LogP) is 4.85. The molecule has 0 saturated heterocycles. The summed E-state index contributed by atoms with van der Waals surface area (Å²) in [6.07, 6.45) is 0. The van der Waals surface area contributed by atoms with Gasteiger partial charge >= 0.3 is 0 Å². The summed E-state index contributed by atoms with van der Waals surface area (Å²) in [7, 11) is 0. The zero-order chi connectivity index (χ0) is 23.7. The number of nitrogens with one attached hydrogen (secondary N) is 1. The van der Waals surface area contributed by atoms with Crippen LogP contribution in [-0.4, -0.2) is 34.4 Å². The van der Waals surface area contributed by atoms with Crippen molar-refractivity contribution in [2.24, 2.45) is 0 Å². The third-order valence-electron chi connectivity index (χ3n) is 5.32. The lowest BCUT2D eigenvalue weighted by Crippen LogP contribution is -2.23. The molecule has 0 radical (unpaired) electrons. The summed E-state index contributed by atoms with van der Waals surface area (Å²) in [5.41, 5.74) is 2.50. The number of aromatic nitrogens is 2. The minimum absolute atomic E-state index is 0.0544. The lowest BCUT2D eigenvalue weighted by molar-refractivity contribution is -0.113. The molecule has 1 aliphatic heterocycles. The molecule has 2 heterocycles. The van der Waals surface area contributed by atoms with Gasteiger partial charge < -0.3 is 14.8 Å². The van der Waals surface area contributed by atoms with E-state index in [1.54, 1.807) is 41.0 Å². The van der Waals surface area contributed by atoms with Gasteiger partial charge in [-0.2, -0.15) is 0 Å². The van der Waals surface area contributed by atoms with Crippen LogP contribution in [0.5, 0.6) is 11.5 Å². The molecule has 1 aliphatic rings. The Kier molecular flexibility index (Phi) is 6.17. The first-order chi connectivity index (χ1) is 16.5. The van der Waals surface area contributed by atoms with Crippen molar-refractivity contribution in [1.29, 1.82) is 0 Å². The van der Waals surface area contributed by atoms with Crippen molar-refractivity contribution in [3.63, 3.8) is 0 Å². The van der Waals surface area contributed by atoms with Gasteiger partial charge in [0.25, 0.3) is 5.56 Å². The van der Waals surface area contributed by atoms with Crippen LogP contribution in [0.15, 0.2) is 70.6 Å². The second kappa shape index (κ2) is 9.40. The number of rotatable bonds is 5. The molecular weight excluding hydrogens is 474 g/mol. The molecule has 0 aliphatic carbocycles. The topological polar surface area (TPSA) is 82.5 Å². The Morgan fingerprint density at radius 2 is 1.88 bits per heavy atom. The highest BCUT2D eigenvalue weighted by Crippen LogP contribution is 2.33. The number of anilines is 1. The molecule has 34 heavy (non-hydrogen) atoms. The smallest absolute Gasteiger partial charge is 0.266 e. The summed E-state index contributed by atoms with van der Waals surface area (Å²) in [6.45, 7) is 2.90. The lowest BCUT2D eigenvalue weighted by atomic mass is 10.2. The molecule has 0 fully saturated rings. The third kappa shape index (κ3) is 4.47. The average Bonchev–Trinajstić information content (AvgIpc) is 2.83. The summed E-state index contributed by atoms with van der Waals surface area (Å²) >= 11 is 7.32. The van der Waals surface area contributed by atoms with Gasteiger partial charge in [0, 0.05) is 16.8 Å². The van der Waals surface area contributed by atoms with Crippen LogP contribution in [0.25, 0.3) is 16.6 Å². The zero-order valence-electron chi connectivity index (χ0n) is 18.2. The molecule has 0 unspecified atom stereocenters. The number of para-hydroxylation sites is 1. The van der Waals surface area contributed by atoms with Crippen molar-refractivity contribution in [3.05, 3.63) is 81.6 Å². The maximum atomic E-state index is 13.4. The van der Waals surface area contributed by atoms with E-state index >= 15 is 0 Å². The summed E-state index contributed by atoms with van der Waals surface area (Å²) in [5, 5.41) is 4.21. The standard InChI is InChI=1S/C25H20ClN3O4S/c1-15-4-2-3-5-20(15)29-24(31)18-8-6-16(26)12-19(18)28-25(29)34-14-23(30)27-17-7-9-21-22(13-17)33-11-10-32-21/h2-9,12-13H,10-11,14H2,1H3,(H,27,30). The van der Waals surface area contributed by atoms with Crippen LogP contribution < -0.4 is 20.3 Å². The molecule has 0 bridgehead atoms. The number of carbonyl (C=O) groups excluding carboxylic acids is 1. The minimum Gasteiger partial charge on any atom is -0.486 e. The summed E-state index contributed by atoms with van der Waals surface area (Å²) in [4.78, 5) is 30.8. The Morgan fingerprint density at radius 1 is 1.09 bits per heavy atom. The lowest BCUT2D eigenvalue weighted by Gasteiger charge is -2.19. The molecule has 0 spiro atoms. The van der Waals surface area contributed by atoms with Crippen LogP contribution in [0.2, 0.25) is 5.02 Å². The van der Waals surface area contributed by atoms with Crippen molar-refractivity contribution in [1.82, 2.24) is 9.55 Å². The van der Waals surface area contributed by atoms with E-state index in [2.05, 4.69) is 10.3 Å². The fraction of sp³-hybridized carbons (Fsp3) is 0.160. The van der Waals surface area contributed by atoms with Crippen molar-refractivity contribution in [2.75, 3.05) is 24.3 Å². The molecule has 172 valence electrons. The van der Waals surface area contributed by atoms with E-state index in [1.165, 1.54) is 11.8 Å². The minimum atomic E-state index is -0.238. The van der Waals surface area contributed by atoms with Gasteiger partial charge in [0.05, 0.1) is 22.3 Å². The monoisotopic (exact) mass is 493 g/mol. The van der Waals surface area contributed by atoms with Gasteiger partial charge in [-0.05, 0) is 48.9 Å². The number of ether oxygens (including phenoxy) is 2. The van der Waals surface area contributed by atoms with E-state index in [4.69, 9.17) is 21.1 Å². The first-order valence-corrected chi connectivity index (χ1v) is 12.0. The predicted molar refractivity (Wildman–Crippen MR) is 134 cm³/mol. The van der Waals surface area contributed by atoms with Gasteiger partial charge in [0.15, 0.2) is 16.7 Å². The first-order valence-electron chi connectivity index (χ1n) is 10.6. The highest BCUT2D eigenvalue weighted by molar-refractivity contribution is 7.99. The van der Waals surface area contributed by atoms with E-state index in [0.29, 0.717) is 57.2 Å². The van der Waals surface area contributed by atoms with E-state index in [0.717, 1.165) is 5.56 Å². The molecule has 5 rings (SSSR count). The number of fused-ring (bicyclic) bond motifs is 2. The van der Waals surface area contributed by atoms with Gasteiger partial charge in [-0.1, -0.05) is 41.6 Å². The summed E-state index contributed by atoms with van der Waals surface area (Å²) in [6, 6.07) is 17.8. The largest absolute Gasteiger partial charge is 0.486 e. The highest BCUT2D eigenvalue weighted by Gasteiger charge is 2.17. The number of nitrogens with zero attached hydrogens (tertiary/aromatic N) is 2. The Morgan fingerprint density at radius 3 is 2.71 bits per heavy atom. The van der Waals surface area contributed by atoms with E-state index in [1.807, 2.05) is 31.2 Å². The van der Waals surface area contributed by atoms with Gasteiger partial charge in [-0.15, -0.1) is 0 Å². The highest BCUT2D eigenvalue weighted by atomic mass is 35.5. The number of amides is 1. The van der Waals surface area contributed by atoms with Crippen molar-refractivity contribution in [3.8, 4) is 17.2 Å². The molecule has 1 N–H and O–H groups in total. The molecule has 0 saturated carbocycles. The van der Waals surface area contributed by atoms with Crippen LogP contribution in [0.3, 0.4) is 0 Å². The van der Waals surface area contributed by atoms with Crippen molar-refractivity contribution < 1.29 is 14.3 Å². The van der Waals surface area contributed by atoms with Crippen LogP contribution in [-0.2, 0) is 4.79 Å². The fourth-order valence-corrected chi connectivity index (χ4v) is 4.68. The van der Waals surface area contributed by atoms with E-state index in [9.17, 15) is 9.59 Å². The van der Waals surface area contributed by atoms with Gasteiger partial charge in [-0.25, -0.2) is 4.98 Å². The Hall–Kier alpha value is -3.49. The van der Waals surface area contributed by atoms with Crippen molar-refractivity contribution >= 4 is 45.9 Å².